The Balaban J connectivity index is 2.20. The first-order valence-electron chi connectivity index (χ1n) is 9.88. The average Bonchev–Trinajstić information content (AvgIpc) is 3.05. The van der Waals surface area contributed by atoms with E-state index in [0.29, 0.717) is 28.2 Å². The van der Waals surface area contributed by atoms with Crippen molar-refractivity contribution in [2.45, 2.75) is 52.8 Å². The molecule has 0 radical (unpaired) electrons. The van der Waals surface area contributed by atoms with Crippen LogP contribution < -0.4 is 15.1 Å². The molecule has 10 nitrogen and oxygen atoms in total. The van der Waals surface area contributed by atoms with Crippen molar-refractivity contribution >= 4 is 35.0 Å². The number of nitrogens with one attached hydrogen (secondary N) is 1. The molecule has 0 bridgehead atoms. The van der Waals surface area contributed by atoms with E-state index in [-0.39, 0.29) is 30.9 Å². The first kappa shape index (κ1) is 22.3. The minimum atomic E-state index is -1.13. The van der Waals surface area contributed by atoms with E-state index in [1.165, 1.54) is 23.6 Å². The molecule has 10 heteroatoms. The molecule has 1 aromatic heterocycles. The number of rotatable bonds is 4. The Morgan fingerprint density at radius 1 is 1.23 bits per heavy atom. The summed E-state index contributed by atoms with van der Waals surface area (Å²) >= 11 is 0. The number of nitrogens with zero attached hydrogens (tertiary/aromatic N) is 4. The summed E-state index contributed by atoms with van der Waals surface area (Å²) in [5, 5.41) is 26.8. The summed E-state index contributed by atoms with van der Waals surface area (Å²) in [4.78, 5) is 38.8. The first-order chi connectivity index (χ1) is 14.4. The number of carbonyl (C=O) groups excluding carboxylic acids is 2. The molecule has 2 aromatic rings. The number of aliphatic hydroxyl groups is 1. The molecule has 31 heavy (non-hydrogen) atoms. The topological polar surface area (TPSA) is 128 Å². The number of benzene rings is 1. The normalized spacial score (nSPS) is 16.1. The predicted octanol–water partition coefficient (Wildman–Crippen LogP) is 2.52. The highest BCUT2D eigenvalue weighted by molar-refractivity contribution is 6.06. The van der Waals surface area contributed by atoms with Crippen LogP contribution in [0.1, 0.15) is 34.6 Å². The van der Waals surface area contributed by atoms with Crippen molar-refractivity contribution in [3.8, 4) is 11.1 Å². The Morgan fingerprint density at radius 2 is 1.90 bits per heavy atom. The van der Waals surface area contributed by atoms with Crippen LogP contribution >= 0.6 is 0 Å². The largest absolute Gasteiger partial charge is 0.465 e. The maximum absolute atomic E-state index is 12.3. The van der Waals surface area contributed by atoms with E-state index < -0.39 is 11.7 Å². The van der Waals surface area contributed by atoms with Crippen molar-refractivity contribution in [3.05, 3.63) is 24.5 Å². The number of aromatic nitrogens is 2. The first-order valence-corrected chi connectivity index (χ1v) is 9.88. The van der Waals surface area contributed by atoms with Gasteiger partial charge in [0.2, 0.25) is 11.8 Å². The maximum atomic E-state index is 12.3. The molecule has 3 N–H and O–H groups in total. The lowest BCUT2D eigenvalue weighted by Gasteiger charge is -2.40. The lowest BCUT2D eigenvalue weighted by molar-refractivity contribution is -0.117. The fraction of sp³-hybridized carbons (Fsp3) is 0.429. The maximum Gasteiger partial charge on any atom is 0.411 e. The van der Waals surface area contributed by atoms with Crippen LogP contribution in [0.15, 0.2) is 24.5 Å². The molecule has 3 rings (SSSR count). The molecule has 1 aromatic carbocycles. The van der Waals surface area contributed by atoms with E-state index in [0.717, 1.165) is 0 Å². The predicted molar refractivity (Wildman–Crippen MR) is 116 cm³/mol. The van der Waals surface area contributed by atoms with Crippen molar-refractivity contribution in [1.82, 2.24) is 9.78 Å². The van der Waals surface area contributed by atoms with Gasteiger partial charge in [-0.05, 0) is 32.9 Å². The highest BCUT2D eigenvalue weighted by Crippen LogP contribution is 2.43. The molecule has 0 fully saturated rings. The summed E-state index contributed by atoms with van der Waals surface area (Å²) in [6.07, 6.45) is 2.16. The monoisotopic (exact) mass is 429 g/mol. The number of hydrogen-bond acceptors (Lipinski definition) is 5. The van der Waals surface area contributed by atoms with E-state index in [2.05, 4.69) is 10.4 Å². The third-order valence-electron chi connectivity index (χ3n) is 4.93. The molecule has 1 atom stereocenters. The molecule has 2 heterocycles. The number of anilines is 3. The molecule has 0 saturated heterocycles. The summed E-state index contributed by atoms with van der Waals surface area (Å²) in [5.74, 6) is -0.531. The van der Waals surface area contributed by atoms with Gasteiger partial charge in [-0.2, -0.15) is 5.10 Å². The SMILES string of the molecule is CC(=O)Nc1cc2c(cc1-c1cnn(CC(C)(C)O)c1)N(C(=O)O)CC(C)N2C(C)=O. The summed E-state index contributed by atoms with van der Waals surface area (Å²) in [7, 11) is 0. The number of hydrogen-bond donors (Lipinski definition) is 3. The summed E-state index contributed by atoms with van der Waals surface area (Å²) in [6.45, 7) is 8.27. The molecule has 0 saturated carbocycles. The van der Waals surface area contributed by atoms with Gasteiger partial charge in [0.1, 0.15) is 0 Å². The second-order valence-electron chi connectivity index (χ2n) is 8.44. The Kier molecular flexibility index (Phi) is 5.77. The Labute approximate surface area is 180 Å². The van der Waals surface area contributed by atoms with Crippen LogP contribution in [0.2, 0.25) is 0 Å². The standard InChI is InChI=1S/C21H27N5O5/c1-12-9-25(20(29)30)18-6-16(15-8-22-24(10-15)11-21(4,5)31)17(23-13(2)27)7-19(18)26(12)14(3)28/h6-8,10,12,31H,9,11H2,1-5H3,(H,23,27)(H,29,30). The second-order valence-corrected chi connectivity index (χ2v) is 8.44. The van der Waals surface area contributed by atoms with Gasteiger partial charge >= 0.3 is 6.09 Å². The van der Waals surface area contributed by atoms with Gasteiger partial charge < -0.3 is 20.4 Å². The molecule has 1 unspecified atom stereocenters. The van der Waals surface area contributed by atoms with Gasteiger partial charge in [-0.3, -0.25) is 19.2 Å². The number of carbonyl (C=O) groups is 3. The molecule has 1 aliphatic heterocycles. The van der Waals surface area contributed by atoms with Gasteiger partial charge in [-0.15, -0.1) is 0 Å². The van der Waals surface area contributed by atoms with Gasteiger partial charge in [0, 0.05) is 37.7 Å². The third kappa shape index (κ3) is 4.69. The van der Waals surface area contributed by atoms with Gasteiger partial charge in [0.15, 0.2) is 0 Å². The molecule has 0 spiro atoms. The summed E-state index contributed by atoms with van der Waals surface area (Å²) < 4.78 is 1.57. The van der Waals surface area contributed by atoms with Crippen molar-refractivity contribution in [3.63, 3.8) is 0 Å². The lowest BCUT2D eigenvalue weighted by atomic mass is 10.0. The van der Waals surface area contributed by atoms with E-state index in [9.17, 15) is 24.6 Å². The smallest absolute Gasteiger partial charge is 0.411 e. The van der Waals surface area contributed by atoms with Gasteiger partial charge in [-0.1, -0.05) is 0 Å². The van der Waals surface area contributed by atoms with Gasteiger partial charge in [0.25, 0.3) is 0 Å². The fourth-order valence-corrected chi connectivity index (χ4v) is 3.85. The van der Waals surface area contributed by atoms with Crippen LogP contribution in [0.25, 0.3) is 11.1 Å². The molecule has 3 amide bonds. The van der Waals surface area contributed by atoms with E-state index >= 15 is 0 Å². The van der Waals surface area contributed by atoms with Crippen LogP contribution in [-0.2, 0) is 16.1 Å². The molecular weight excluding hydrogens is 402 g/mol. The molecule has 1 aliphatic rings. The fourth-order valence-electron chi connectivity index (χ4n) is 3.85. The number of fused-ring (bicyclic) bond motifs is 1. The highest BCUT2D eigenvalue weighted by atomic mass is 16.4. The van der Waals surface area contributed by atoms with Crippen molar-refractivity contribution < 1.29 is 24.6 Å². The molecule has 0 aliphatic carbocycles. The Hall–Kier alpha value is -3.40. The average molecular weight is 429 g/mol. The molecular formula is C21H27N5O5. The van der Waals surface area contributed by atoms with Crippen molar-refractivity contribution in [2.75, 3.05) is 21.7 Å². The van der Waals surface area contributed by atoms with Crippen LogP contribution in [0, 0.1) is 0 Å². The third-order valence-corrected chi connectivity index (χ3v) is 4.93. The zero-order chi connectivity index (χ0) is 23.1. The zero-order valence-electron chi connectivity index (χ0n) is 18.2. The van der Waals surface area contributed by atoms with E-state index in [1.54, 1.807) is 50.0 Å². The Bertz CT molecular complexity index is 1040. The molecule has 166 valence electrons. The van der Waals surface area contributed by atoms with E-state index in [4.69, 9.17) is 0 Å². The zero-order valence-corrected chi connectivity index (χ0v) is 18.2. The van der Waals surface area contributed by atoms with Crippen LogP contribution in [0.3, 0.4) is 0 Å². The quantitative estimate of drug-likeness (QED) is 0.685. The van der Waals surface area contributed by atoms with Gasteiger partial charge in [-0.25, -0.2) is 4.79 Å². The van der Waals surface area contributed by atoms with Crippen molar-refractivity contribution in [1.29, 1.82) is 0 Å². The van der Waals surface area contributed by atoms with Crippen LogP contribution in [0.4, 0.5) is 21.9 Å². The highest BCUT2D eigenvalue weighted by Gasteiger charge is 2.35. The number of amides is 3. The van der Waals surface area contributed by atoms with Crippen molar-refractivity contribution in [2.24, 2.45) is 0 Å². The number of carboxylic acid groups (broad SMARTS) is 1. The lowest BCUT2D eigenvalue weighted by Crippen LogP contribution is -2.51. The van der Waals surface area contributed by atoms with Crippen LogP contribution in [-0.4, -0.2) is 56.1 Å². The minimum Gasteiger partial charge on any atom is -0.465 e. The summed E-state index contributed by atoms with van der Waals surface area (Å²) in [6, 6.07) is 2.89. The minimum absolute atomic E-state index is 0.124. The van der Waals surface area contributed by atoms with Crippen LogP contribution in [0.5, 0.6) is 0 Å². The van der Waals surface area contributed by atoms with Gasteiger partial charge in [0.05, 0.1) is 41.4 Å². The summed E-state index contributed by atoms with van der Waals surface area (Å²) in [5.41, 5.74) is 1.40. The second kappa shape index (κ2) is 8.03. The van der Waals surface area contributed by atoms with E-state index in [1.807, 2.05) is 0 Å². The Morgan fingerprint density at radius 3 is 2.45 bits per heavy atom.